The first-order valence-electron chi connectivity index (χ1n) is 33.8. The molecule has 6 amide bonds. The summed E-state index contributed by atoms with van der Waals surface area (Å²) in [7, 11) is 0. The van der Waals surface area contributed by atoms with Gasteiger partial charge in [0.25, 0.3) is 0 Å². The Kier molecular flexibility index (Phi) is 25.4. The number of primary amides is 1. The number of hydrogen-bond acceptors (Lipinski definition) is 23. The topological polar surface area (TPSA) is 418 Å². The summed E-state index contributed by atoms with van der Waals surface area (Å²) in [4.78, 5) is 152. The van der Waals surface area contributed by atoms with Crippen LogP contribution in [0.5, 0.6) is 0 Å². The molecule has 1 aliphatic heterocycles. The molecule has 15 atom stereocenters. The van der Waals surface area contributed by atoms with Crippen molar-refractivity contribution in [2.75, 3.05) is 25.1 Å². The van der Waals surface area contributed by atoms with Gasteiger partial charge in [-0.25, -0.2) is 19.2 Å². The molecule has 1 saturated heterocycles. The summed E-state index contributed by atoms with van der Waals surface area (Å²) in [5.74, 6) is -9.98. The van der Waals surface area contributed by atoms with Crippen LogP contribution in [0.15, 0.2) is 96.1 Å². The van der Waals surface area contributed by atoms with Gasteiger partial charge in [0.05, 0.1) is 47.2 Å². The van der Waals surface area contributed by atoms with Crippen molar-refractivity contribution >= 4 is 71.2 Å². The van der Waals surface area contributed by atoms with Gasteiger partial charge >= 0.3 is 30.2 Å². The first-order chi connectivity index (χ1) is 47.5. The van der Waals surface area contributed by atoms with Gasteiger partial charge in [0, 0.05) is 37.5 Å². The van der Waals surface area contributed by atoms with Gasteiger partial charge in [-0.3, -0.25) is 33.6 Å². The van der Waals surface area contributed by atoms with Gasteiger partial charge in [0.1, 0.15) is 73.0 Å². The van der Waals surface area contributed by atoms with Gasteiger partial charge in [-0.1, -0.05) is 74.5 Å². The van der Waals surface area contributed by atoms with E-state index >= 15 is 9.59 Å². The number of carbonyl (C=O) groups excluding carboxylic acids is 11. The molecule has 3 aromatic rings. The lowest BCUT2D eigenvalue weighted by atomic mass is 9.44. The lowest BCUT2D eigenvalue weighted by molar-refractivity contribution is -0.346. The molecule has 4 aliphatic rings. The number of nitrogens with one attached hydrogen (secondary N) is 5. The van der Waals surface area contributed by atoms with Crippen LogP contribution in [-0.2, 0) is 87.6 Å². The van der Waals surface area contributed by atoms with Crippen molar-refractivity contribution in [2.45, 2.75) is 231 Å². The van der Waals surface area contributed by atoms with Crippen LogP contribution in [0.2, 0.25) is 0 Å². The number of fused-ring (bicyclic) bond motifs is 5. The average Bonchev–Trinajstić information content (AvgIpc) is 0.669. The number of alkyl carbamates (subject to hydrolysis) is 1. The minimum Gasteiger partial charge on any atom is -0.455 e. The van der Waals surface area contributed by atoms with Gasteiger partial charge in [-0.15, -0.1) is 0 Å². The third-order valence-corrected chi connectivity index (χ3v) is 19.2. The second-order valence-electron chi connectivity index (χ2n) is 29.5. The molecule has 3 fully saturated rings. The first-order valence-corrected chi connectivity index (χ1v) is 33.8. The van der Waals surface area contributed by atoms with Crippen molar-refractivity contribution in [3.8, 4) is 0 Å². The summed E-state index contributed by atoms with van der Waals surface area (Å²) >= 11 is 0. The van der Waals surface area contributed by atoms with Crippen LogP contribution in [0.25, 0.3) is 0 Å². The highest BCUT2D eigenvalue weighted by molar-refractivity contribution is 6.01. The molecule has 558 valence electrons. The van der Waals surface area contributed by atoms with Gasteiger partial charge in [-0.05, 0) is 142 Å². The fraction of sp³-hybridized carbons (Fsp3) is 0.575. The number of aliphatic hydroxyl groups is 3. The van der Waals surface area contributed by atoms with E-state index in [0.29, 0.717) is 13.0 Å². The number of anilines is 1. The maximum atomic E-state index is 15.5. The zero-order valence-electron chi connectivity index (χ0n) is 60.4. The molecule has 102 heavy (non-hydrogen) atoms. The summed E-state index contributed by atoms with van der Waals surface area (Å²) in [6, 6.07) is 15.4. The molecule has 7 rings (SSSR count). The number of esters is 3. The Morgan fingerprint density at radius 2 is 1.37 bits per heavy atom. The number of Topliss-reactive ketones (excluding diaryl/α,β-unsaturated/α-hetero) is 1. The van der Waals surface area contributed by atoms with Gasteiger partial charge in [-0.2, -0.15) is 0 Å². The van der Waals surface area contributed by atoms with E-state index in [-0.39, 0.29) is 65.2 Å². The van der Waals surface area contributed by atoms with Crippen molar-refractivity contribution in [3.05, 3.63) is 113 Å². The molecule has 2 bridgehead atoms. The molecule has 1 unspecified atom stereocenters. The Hall–Kier alpha value is -8.87. The number of benzene rings is 3. The SMILES string of the molecule is CC[C@@]1(C)C2=C(C)[C@@H](OC(=O)[C@H](OC(=O)OCc3ccc(NC(=O)[C@@H](CC(N)=O)NC(=O)[C@@H](C)NC(=O)[C@@H](C)NC(=O)COC(C)(C)CCOC(C)(C)C)cc3)[C@@H](NC(=O)OC(C)(C)C)c3ccccc3)C[C@@]1(O)[C@@H](OC(=O)c1ccccc1)[C@H]1[C@](C)(C(=O)[C@@H]2O)[C@@H](O)CC2OC[C@]21OC(C)=O. The number of ether oxygens (including phenoxy) is 9. The van der Waals surface area contributed by atoms with Crippen LogP contribution in [0.1, 0.15) is 163 Å². The smallest absolute Gasteiger partial charge is 0.455 e. The molecule has 29 heteroatoms. The van der Waals surface area contributed by atoms with E-state index < -0.39 is 185 Å². The molecule has 3 aromatic carbocycles. The molecule has 0 radical (unpaired) electrons. The summed E-state index contributed by atoms with van der Waals surface area (Å²) < 4.78 is 53.5. The van der Waals surface area contributed by atoms with E-state index in [0.717, 1.165) is 6.92 Å². The Balaban J connectivity index is 1.12. The van der Waals surface area contributed by atoms with Crippen LogP contribution in [0.3, 0.4) is 0 Å². The largest absolute Gasteiger partial charge is 0.509 e. The molecule has 1 heterocycles. The fourth-order valence-electron chi connectivity index (χ4n) is 13.6. The number of amides is 6. The third-order valence-electron chi connectivity index (χ3n) is 19.2. The highest BCUT2D eigenvalue weighted by Gasteiger charge is 2.78. The monoisotopic (exact) mass is 1430 g/mol. The number of carbonyl (C=O) groups is 11. The van der Waals surface area contributed by atoms with Crippen LogP contribution in [-0.4, -0.2) is 183 Å². The van der Waals surface area contributed by atoms with E-state index in [1.54, 1.807) is 77.9 Å². The number of aliphatic hydroxyl groups excluding tert-OH is 2. The molecule has 3 aliphatic carbocycles. The van der Waals surface area contributed by atoms with Crippen molar-refractivity contribution in [2.24, 2.45) is 22.5 Å². The number of ketones is 1. The number of hydrogen-bond donors (Lipinski definition) is 9. The third kappa shape index (κ3) is 18.7. The summed E-state index contributed by atoms with van der Waals surface area (Å²) in [5.41, 5.74) is -4.59. The van der Waals surface area contributed by atoms with Gasteiger partial charge in [0.2, 0.25) is 35.6 Å². The van der Waals surface area contributed by atoms with E-state index in [2.05, 4.69) is 26.6 Å². The van der Waals surface area contributed by atoms with Crippen molar-refractivity contribution in [3.63, 3.8) is 0 Å². The van der Waals surface area contributed by atoms with E-state index in [1.165, 1.54) is 83.1 Å². The van der Waals surface area contributed by atoms with Crippen LogP contribution >= 0.6 is 0 Å². The fourth-order valence-corrected chi connectivity index (χ4v) is 13.6. The second kappa shape index (κ2) is 32.2. The molecular formula is C73H98N6O23. The molecular weight excluding hydrogens is 1330 g/mol. The van der Waals surface area contributed by atoms with E-state index in [9.17, 15) is 58.5 Å². The molecule has 0 aromatic heterocycles. The summed E-state index contributed by atoms with van der Waals surface area (Å²) in [6.07, 6.45) is -14.6. The quantitative estimate of drug-likeness (QED) is 0.0265. The molecule has 10 N–H and O–H groups in total. The zero-order valence-corrected chi connectivity index (χ0v) is 60.4. The summed E-state index contributed by atoms with van der Waals surface area (Å²) in [5, 5.41) is 51.6. The Morgan fingerprint density at radius 1 is 0.765 bits per heavy atom. The highest BCUT2D eigenvalue weighted by Crippen LogP contribution is 2.65. The Morgan fingerprint density at radius 3 is 1.94 bits per heavy atom. The second-order valence-corrected chi connectivity index (χ2v) is 29.5. The van der Waals surface area contributed by atoms with Crippen LogP contribution in [0.4, 0.5) is 15.3 Å². The minimum atomic E-state index is -2.54. The molecule has 2 saturated carbocycles. The van der Waals surface area contributed by atoms with Crippen LogP contribution < -0.4 is 32.3 Å². The van der Waals surface area contributed by atoms with E-state index in [1.807, 2.05) is 20.8 Å². The van der Waals surface area contributed by atoms with E-state index in [4.69, 9.17) is 48.4 Å². The van der Waals surface area contributed by atoms with Crippen molar-refractivity contribution in [1.82, 2.24) is 21.3 Å². The first kappa shape index (κ1) is 80.4. The van der Waals surface area contributed by atoms with Crippen LogP contribution in [0, 0.1) is 16.7 Å². The van der Waals surface area contributed by atoms with Gasteiger partial charge in [0.15, 0.2) is 11.4 Å². The maximum Gasteiger partial charge on any atom is 0.509 e. The number of nitrogens with two attached hydrogens (primary N) is 1. The lowest BCUT2D eigenvalue weighted by Gasteiger charge is -2.67. The van der Waals surface area contributed by atoms with Gasteiger partial charge < -0.3 is 90.3 Å². The highest BCUT2D eigenvalue weighted by atomic mass is 16.7. The normalized spacial score (nSPS) is 26.1. The standard InChI is InChI=1S/C73H98N6O23/c1-16-70(14)53-39(2)48(35-73(70,93)59(100-63(89)45-25-21-18-22-26-45)57-71(15,58(85)55(53)84)49(81)34-50-72(57,38-95-50)101-42(5)80)98-64(90)56(54(44-23-19-17-20-24-44)79-65(91)102-68(9,10)11)99-66(92)94-36-43-27-29-46(30-28-43)77-62(88)47(33-51(74)82)78-61(87)41(4)76-60(86)40(3)75-52(83)37-97-69(12,13)31-32-96-67(6,7)8/h17-30,40-41,47-50,54-57,59,81,84,93H,16,31-38H2,1-15H3,(H2,74,82)(H,75,83)(H,76,86)(H,77,88)(H,78,87)(H,79,91)/t40-,41-,47-,48+,49+,50?,54+,55-,56-,57+,59+,70+,71-,72+,73-/m1/s1. The predicted octanol–water partition coefficient (Wildman–Crippen LogP) is 5.32. The Bertz CT molecular complexity index is 3630. The Labute approximate surface area is 592 Å². The zero-order chi connectivity index (χ0) is 75.8. The summed E-state index contributed by atoms with van der Waals surface area (Å²) in [6.45, 7) is 23.0. The predicted molar refractivity (Wildman–Crippen MR) is 364 cm³/mol. The average molecular weight is 1430 g/mol. The molecule has 29 nitrogen and oxygen atoms in total. The van der Waals surface area contributed by atoms with Crippen molar-refractivity contribution < 1.29 is 111 Å². The minimum absolute atomic E-state index is 0.00271. The number of rotatable bonds is 27. The molecule has 0 spiro atoms. The lowest BCUT2D eigenvalue weighted by Crippen LogP contribution is -2.82. The maximum absolute atomic E-state index is 15.5. The van der Waals surface area contributed by atoms with Crippen molar-refractivity contribution in [1.29, 1.82) is 0 Å².